The van der Waals surface area contributed by atoms with E-state index in [0.29, 0.717) is 18.4 Å². The highest BCUT2D eigenvalue weighted by molar-refractivity contribution is 5.10. The molecule has 2 aromatic rings. The van der Waals surface area contributed by atoms with E-state index in [-0.39, 0.29) is 5.60 Å². The van der Waals surface area contributed by atoms with Crippen LogP contribution in [0.3, 0.4) is 0 Å². The number of rotatable bonds is 6. The first-order valence-electron chi connectivity index (χ1n) is 8.27. The van der Waals surface area contributed by atoms with Crippen LogP contribution in [0.4, 0.5) is 0 Å². The van der Waals surface area contributed by atoms with Gasteiger partial charge in [-0.3, -0.25) is 4.90 Å². The summed E-state index contributed by atoms with van der Waals surface area (Å²) in [4.78, 5) is 6.58. The zero-order valence-electron chi connectivity index (χ0n) is 13.2. The average molecular weight is 314 g/mol. The summed E-state index contributed by atoms with van der Waals surface area (Å²) in [6.45, 7) is 4.41. The van der Waals surface area contributed by atoms with Crippen molar-refractivity contribution in [3.63, 3.8) is 0 Å². The minimum Gasteiger partial charge on any atom is -0.478 e. The summed E-state index contributed by atoms with van der Waals surface area (Å²) in [5.41, 5.74) is 0.0278. The van der Waals surface area contributed by atoms with Crippen LogP contribution < -0.4 is 4.74 Å². The Bertz CT molecular complexity index is 608. The van der Waals surface area contributed by atoms with Crippen molar-refractivity contribution in [2.24, 2.45) is 5.92 Å². The van der Waals surface area contributed by atoms with Crippen LogP contribution in [0.5, 0.6) is 5.88 Å². The van der Waals surface area contributed by atoms with Crippen LogP contribution >= 0.6 is 0 Å². The van der Waals surface area contributed by atoms with Crippen molar-refractivity contribution in [3.8, 4) is 5.88 Å². The molecule has 1 spiro atoms. The highest BCUT2D eigenvalue weighted by atomic mass is 16.5. The van der Waals surface area contributed by atoms with Crippen molar-refractivity contribution >= 4 is 0 Å². The molecule has 4 rings (SSSR count). The number of likely N-dealkylation sites (tertiary alicyclic amines) is 1. The summed E-state index contributed by atoms with van der Waals surface area (Å²) in [7, 11) is 0. The van der Waals surface area contributed by atoms with Crippen LogP contribution in [-0.4, -0.2) is 41.8 Å². The van der Waals surface area contributed by atoms with E-state index in [1.807, 2.05) is 30.3 Å². The zero-order valence-corrected chi connectivity index (χ0v) is 13.2. The summed E-state index contributed by atoms with van der Waals surface area (Å²) < 4.78 is 17.3. The Hall–Kier alpha value is -1.85. The van der Waals surface area contributed by atoms with Crippen LogP contribution in [-0.2, 0) is 11.3 Å². The smallest absolute Gasteiger partial charge is 0.213 e. The molecule has 0 bridgehead atoms. The molecule has 5 nitrogen and oxygen atoms in total. The van der Waals surface area contributed by atoms with Gasteiger partial charge in [0.05, 0.1) is 25.0 Å². The lowest BCUT2D eigenvalue weighted by molar-refractivity contribution is -0.139. The lowest BCUT2D eigenvalue weighted by Gasteiger charge is -2.50. The maximum Gasteiger partial charge on any atom is 0.213 e. The average Bonchev–Trinajstić information content (AvgIpc) is 3.18. The number of furan rings is 1. The van der Waals surface area contributed by atoms with Crippen LogP contribution in [0.1, 0.15) is 18.6 Å². The Kier molecular flexibility index (Phi) is 4.06. The molecule has 0 saturated carbocycles. The van der Waals surface area contributed by atoms with Gasteiger partial charge in [0.1, 0.15) is 5.76 Å². The van der Waals surface area contributed by atoms with Crippen LogP contribution in [0.25, 0.3) is 0 Å². The van der Waals surface area contributed by atoms with Crippen molar-refractivity contribution in [2.75, 3.05) is 26.3 Å². The molecule has 0 unspecified atom stereocenters. The Morgan fingerprint density at radius 1 is 1.26 bits per heavy atom. The van der Waals surface area contributed by atoms with Gasteiger partial charge in [-0.2, -0.15) is 0 Å². The molecule has 2 aliphatic heterocycles. The molecule has 122 valence electrons. The number of hydrogen-bond acceptors (Lipinski definition) is 5. The second-order valence-corrected chi connectivity index (χ2v) is 6.43. The fourth-order valence-electron chi connectivity index (χ4n) is 3.73. The van der Waals surface area contributed by atoms with E-state index in [9.17, 15) is 0 Å². The van der Waals surface area contributed by atoms with Crippen molar-refractivity contribution in [1.29, 1.82) is 0 Å². The number of nitrogens with zero attached hydrogens (tertiary/aromatic N) is 2. The topological polar surface area (TPSA) is 47.7 Å². The number of ether oxygens (including phenoxy) is 2. The van der Waals surface area contributed by atoms with Gasteiger partial charge in [-0.05, 0) is 37.0 Å². The molecule has 0 radical (unpaired) electrons. The zero-order chi connectivity index (χ0) is 15.5. The van der Waals surface area contributed by atoms with E-state index in [1.165, 1.54) is 0 Å². The first kappa shape index (κ1) is 14.7. The molecule has 0 N–H and O–H groups in total. The van der Waals surface area contributed by atoms with Crippen molar-refractivity contribution in [2.45, 2.75) is 25.0 Å². The minimum atomic E-state index is 0.0278. The van der Waals surface area contributed by atoms with Gasteiger partial charge in [-0.25, -0.2) is 4.98 Å². The van der Waals surface area contributed by atoms with Gasteiger partial charge >= 0.3 is 0 Å². The van der Waals surface area contributed by atoms with E-state index in [2.05, 4.69) is 9.88 Å². The van der Waals surface area contributed by atoms with Gasteiger partial charge in [0.15, 0.2) is 0 Å². The van der Waals surface area contributed by atoms with Gasteiger partial charge < -0.3 is 13.9 Å². The van der Waals surface area contributed by atoms with E-state index >= 15 is 0 Å². The number of hydrogen-bond donors (Lipinski definition) is 0. The van der Waals surface area contributed by atoms with E-state index in [0.717, 1.165) is 44.8 Å². The highest BCUT2D eigenvalue weighted by Crippen LogP contribution is 2.42. The van der Waals surface area contributed by atoms with Gasteiger partial charge in [-0.15, -0.1) is 0 Å². The summed E-state index contributed by atoms with van der Waals surface area (Å²) >= 11 is 0. The Morgan fingerprint density at radius 3 is 3.00 bits per heavy atom. The molecule has 2 aromatic heterocycles. The summed E-state index contributed by atoms with van der Waals surface area (Å²) in [6.07, 6.45) is 5.63. The first-order chi connectivity index (χ1) is 11.3. The van der Waals surface area contributed by atoms with E-state index in [4.69, 9.17) is 13.9 Å². The lowest BCUT2D eigenvalue weighted by Crippen LogP contribution is -2.64. The minimum absolute atomic E-state index is 0.0278. The second-order valence-electron chi connectivity index (χ2n) is 6.43. The molecular weight excluding hydrogens is 292 g/mol. The fourth-order valence-corrected chi connectivity index (χ4v) is 3.73. The summed E-state index contributed by atoms with van der Waals surface area (Å²) in [5.74, 6) is 2.29. The van der Waals surface area contributed by atoms with Gasteiger partial charge in [-0.1, -0.05) is 6.07 Å². The van der Waals surface area contributed by atoms with E-state index < -0.39 is 0 Å². The van der Waals surface area contributed by atoms with Crippen molar-refractivity contribution in [3.05, 3.63) is 48.6 Å². The largest absolute Gasteiger partial charge is 0.478 e. The molecule has 5 heteroatoms. The lowest BCUT2D eigenvalue weighted by atomic mass is 9.79. The standard InChI is InChI=1S/C18H22N2O3/c1-2-8-19-17(5-1)22-10-6-15-7-11-23-18(15)13-20(14-18)12-16-4-3-9-21-16/h1-5,8-9,15H,6-7,10-14H2/t15-/m1/s1. The number of pyridine rings is 1. The summed E-state index contributed by atoms with van der Waals surface area (Å²) in [5, 5.41) is 0. The maximum atomic E-state index is 6.10. The Labute approximate surface area is 136 Å². The van der Waals surface area contributed by atoms with Gasteiger partial charge in [0.25, 0.3) is 0 Å². The molecule has 2 fully saturated rings. The van der Waals surface area contributed by atoms with E-state index in [1.54, 1.807) is 12.5 Å². The van der Waals surface area contributed by atoms with Gasteiger partial charge in [0.2, 0.25) is 5.88 Å². The van der Waals surface area contributed by atoms with Crippen LogP contribution in [0.2, 0.25) is 0 Å². The summed E-state index contributed by atoms with van der Waals surface area (Å²) in [6, 6.07) is 9.71. The molecule has 0 aromatic carbocycles. The molecule has 4 heterocycles. The SMILES string of the molecule is c1ccc(OCC[C@@H]2CCOC23CN(Cc2ccco2)C3)nc1. The predicted octanol–water partition coefficient (Wildman–Crippen LogP) is 2.73. The van der Waals surface area contributed by atoms with Crippen molar-refractivity contribution < 1.29 is 13.9 Å². The highest BCUT2D eigenvalue weighted by Gasteiger charge is 2.52. The van der Waals surface area contributed by atoms with Crippen LogP contribution in [0, 0.1) is 5.92 Å². The molecule has 0 aliphatic carbocycles. The maximum absolute atomic E-state index is 6.10. The second kappa shape index (κ2) is 6.34. The third-order valence-electron chi connectivity index (χ3n) is 4.90. The molecular formula is C18H22N2O3. The number of aromatic nitrogens is 1. The monoisotopic (exact) mass is 314 g/mol. The molecule has 2 aliphatic rings. The normalized spacial score (nSPS) is 23.0. The Balaban J connectivity index is 1.26. The molecule has 0 amide bonds. The molecule has 23 heavy (non-hydrogen) atoms. The molecule has 2 saturated heterocycles. The fraction of sp³-hybridized carbons (Fsp3) is 0.500. The Morgan fingerprint density at radius 2 is 2.22 bits per heavy atom. The van der Waals surface area contributed by atoms with Crippen LogP contribution in [0.15, 0.2) is 47.2 Å². The quantitative estimate of drug-likeness (QED) is 0.820. The third kappa shape index (κ3) is 3.12. The third-order valence-corrected chi connectivity index (χ3v) is 4.90. The first-order valence-corrected chi connectivity index (χ1v) is 8.27. The van der Waals surface area contributed by atoms with Crippen molar-refractivity contribution in [1.82, 2.24) is 9.88 Å². The van der Waals surface area contributed by atoms with Gasteiger partial charge in [0, 0.05) is 32.0 Å². The predicted molar refractivity (Wildman–Crippen MR) is 85.1 cm³/mol. The molecule has 1 atom stereocenters.